The molecular weight excluding hydrogens is 271 g/mol. The van der Waals surface area contributed by atoms with E-state index in [1.54, 1.807) is 6.92 Å². The molecule has 0 unspecified atom stereocenters. The van der Waals surface area contributed by atoms with Crippen molar-refractivity contribution in [3.8, 4) is 0 Å². The molecule has 0 radical (unpaired) electrons. The molecule has 21 heavy (non-hydrogen) atoms. The molecule has 1 aliphatic heterocycles. The molecule has 0 saturated carbocycles. The second kappa shape index (κ2) is 7.52. The molecule has 1 aliphatic rings. The van der Waals surface area contributed by atoms with Crippen LogP contribution in [-0.4, -0.2) is 43.7 Å². The molecule has 0 atom stereocenters. The first-order chi connectivity index (χ1) is 10.1. The number of nitrogens with one attached hydrogen (secondary N) is 1. The fourth-order valence-electron chi connectivity index (χ4n) is 2.63. The van der Waals surface area contributed by atoms with Gasteiger partial charge >= 0.3 is 0 Å². The molecular formula is C16H23FN2O2. The Morgan fingerprint density at radius 2 is 2.14 bits per heavy atom. The first kappa shape index (κ1) is 15.9. The normalized spacial score (nSPS) is 16.2. The van der Waals surface area contributed by atoms with E-state index < -0.39 is 0 Å². The van der Waals surface area contributed by atoms with E-state index >= 15 is 0 Å². The summed E-state index contributed by atoms with van der Waals surface area (Å²) in [6.07, 6.45) is 1.88. The number of aryl methyl sites for hydroxylation is 1. The van der Waals surface area contributed by atoms with Gasteiger partial charge in [0.15, 0.2) is 0 Å². The summed E-state index contributed by atoms with van der Waals surface area (Å²) >= 11 is 0. The maximum atomic E-state index is 13.2. The second-order valence-electron chi connectivity index (χ2n) is 5.55. The van der Waals surface area contributed by atoms with Gasteiger partial charge in [-0.1, -0.05) is 12.1 Å². The van der Waals surface area contributed by atoms with E-state index in [1.807, 2.05) is 17.0 Å². The van der Waals surface area contributed by atoms with Crippen LogP contribution in [0.15, 0.2) is 18.2 Å². The molecule has 2 rings (SSSR count). The first-order valence-corrected chi connectivity index (χ1v) is 7.35. The third-order valence-corrected chi connectivity index (χ3v) is 3.93. The predicted octanol–water partition coefficient (Wildman–Crippen LogP) is 1.86. The topological polar surface area (TPSA) is 41.6 Å². The lowest BCUT2D eigenvalue weighted by Crippen LogP contribution is -2.45. The standard InChI is InChI=1S/C16H23FN2O2/c1-12-9-13(3-4-15(12)17)10-18-14-5-7-19(8-6-14)16(20)11-21-2/h3-4,9,14,18H,5-8,10-11H2,1-2H3. The van der Waals surface area contributed by atoms with Gasteiger partial charge in [-0.2, -0.15) is 0 Å². The Morgan fingerprint density at radius 1 is 1.43 bits per heavy atom. The van der Waals surface area contributed by atoms with Crippen LogP contribution in [0.5, 0.6) is 0 Å². The zero-order valence-electron chi connectivity index (χ0n) is 12.7. The molecule has 1 aromatic rings. The average molecular weight is 294 g/mol. The number of rotatable bonds is 5. The molecule has 0 aromatic heterocycles. The predicted molar refractivity (Wildman–Crippen MR) is 79.5 cm³/mol. The number of likely N-dealkylation sites (tertiary alicyclic amines) is 1. The summed E-state index contributed by atoms with van der Waals surface area (Å²) in [6.45, 7) is 4.20. The Hall–Kier alpha value is -1.46. The van der Waals surface area contributed by atoms with Crippen LogP contribution in [0.1, 0.15) is 24.0 Å². The average Bonchev–Trinajstić information content (AvgIpc) is 2.49. The summed E-state index contributed by atoms with van der Waals surface area (Å²) in [5, 5.41) is 3.48. The third kappa shape index (κ3) is 4.51. The zero-order valence-corrected chi connectivity index (χ0v) is 12.7. The minimum absolute atomic E-state index is 0.0603. The fraction of sp³-hybridized carbons (Fsp3) is 0.562. The number of hydrogen-bond donors (Lipinski definition) is 1. The van der Waals surface area contributed by atoms with Gasteiger partial charge in [-0.25, -0.2) is 4.39 Å². The molecule has 5 heteroatoms. The number of amides is 1. The Morgan fingerprint density at radius 3 is 2.76 bits per heavy atom. The van der Waals surface area contributed by atoms with E-state index in [2.05, 4.69) is 5.32 Å². The molecule has 1 saturated heterocycles. The second-order valence-corrected chi connectivity index (χ2v) is 5.55. The molecule has 0 aliphatic carbocycles. The highest BCUT2D eigenvalue weighted by atomic mass is 19.1. The van der Waals surface area contributed by atoms with Gasteiger partial charge in [0.05, 0.1) is 0 Å². The number of hydrogen-bond acceptors (Lipinski definition) is 3. The SMILES string of the molecule is COCC(=O)N1CCC(NCc2ccc(F)c(C)c2)CC1. The first-order valence-electron chi connectivity index (χ1n) is 7.35. The highest BCUT2D eigenvalue weighted by Gasteiger charge is 2.22. The summed E-state index contributed by atoms with van der Waals surface area (Å²) < 4.78 is 18.1. The van der Waals surface area contributed by atoms with Gasteiger partial charge in [-0.3, -0.25) is 4.79 Å². The van der Waals surface area contributed by atoms with Gasteiger partial charge < -0.3 is 15.0 Å². The largest absolute Gasteiger partial charge is 0.375 e. The highest BCUT2D eigenvalue weighted by Crippen LogP contribution is 2.13. The van der Waals surface area contributed by atoms with Crippen molar-refractivity contribution in [3.05, 3.63) is 35.1 Å². The Kier molecular flexibility index (Phi) is 5.70. The molecule has 1 amide bonds. The van der Waals surface area contributed by atoms with Crippen LogP contribution in [0.3, 0.4) is 0 Å². The summed E-state index contributed by atoms with van der Waals surface area (Å²) in [7, 11) is 1.54. The van der Waals surface area contributed by atoms with Crippen molar-refractivity contribution in [2.75, 3.05) is 26.8 Å². The van der Waals surface area contributed by atoms with Crippen LogP contribution in [0, 0.1) is 12.7 Å². The molecule has 116 valence electrons. The van der Waals surface area contributed by atoms with Crippen molar-refractivity contribution in [3.63, 3.8) is 0 Å². The molecule has 4 nitrogen and oxygen atoms in total. The Bertz CT molecular complexity index is 485. The van der Waals surface area contributed by atoms with Gasteiger partial charge in [-0.05, 0) is 37.0 Å². The fourth-order valence-corrected chi connectivity index (χ4v) is 2.63. The minimum atomic E-state index is -0.163. The molecule has 1 heterocycles. The van der Waals surface area contributed by atoms with Gasteiger partial charge in [-0.15, -0.1) is 0 Å². The van der Waals surface area contributed by atoms with Gasteiger partial charge in [0.1, 0.15) is 12.4 Å². The van der Waals surface area contributed by atoms with Gasteiger partial charge in [0, 0.05) is 32.8 Å². The number of carbonyl (C=O) groups excluding carboxylic acids is 1. The smallest absolute Gasteiger partial charge is 0.248 e. The van der Waals surface area contributed by atoms with Crippen LogP contribution in [-0.2, 0) is 16.1 Å². The van der Waals surface area contributed by atoms with Crippen molar-refractivity contribution in [1.82, 2.24) is 10.2 Å². The van der Waals surface area contributed by atoms with E-state index in [0.29, 0.717) is 11.6 Å². The van der Waals surface area contributed by atoms with Crippen molar-refractivity contribution < 1.29 is 13.9 Å². The number of piperidine rings is 1. The molecule has 1 N–H and O–H groups in total. The lowest BCUT2D eigenvalue weighted by molar-refractivity contribution is -0.136. The number of carbonyl (C=O) groups is 1. The van der Waals surface area contributed by atoms with Crippen LogP contribution in [0.2, 0.25) is 0 Å². The summed E-state index contributed by atoms with van der Waals surface area (Å²) in [5.41, 5.74) is 1.76. The lowest BCUT2D eigenvalue weighted by atomic mass is 10.0. The molecule has 1 aromatic carbocycles. The van der Waals surface area contributed by atoms with Crippen molar-refractivity contribution in [2.24, 2.45) is 0 Å². The van der Waals surface area contributed by atoms with Crippen LogP contribution in [0.25, 0.3) is 0 Å². The third-order valence-electron chi connectivity index (χ3n) is 3.93. The molecule has 1 fully saturated rings. The quantitative estimate of drug-likeness (QED) is 0.901. The number of nitrogens with zero attached hydrogens (tertiary/aromatic N) is 1. The molecule has 0 spiro atoms. The van der Waals surface area contributed by atoms with Gasteiger partial charge in [0.25, 0.3) is 0 Å². The monoisotopic (exact) mass is 294 g/mol. The summed E-state index contributed by atoms with van der Waals surface area (Å²) in [5.74, 6) is -0.103. The van der Waals surface area contributed by atoms with Crippen molar-refractivity contribution in [2.45, 2.75) is 32.4 Å². The van der Waals surface area contributed by atoms with Crippen molar-refractivity contribution >= 4 is 5.91 Å². The van der Waals surface area contributed by atoms with E-state index in [-0.39, 0.29) is 18.3 Å². The number of ether oxygens (including phenoxy) is 1. The lowest BCUT2D eigenvalue weighted by Gasteiger charge is -2.32. The van der Waals surface area contributed by atoms with Crippen LogP contribution in [0.4, 0.5) is 4.39 Å². The van der Waals surface area contributed by atoms with E-state index in [1.165, 1.54) is 13.2 Å². The minimum Gasteiger partial charge on any atom is -0.375 e. The summed E-state index contributed by atoms with van der Waals surface area (Å²) in [6, 6.07) is 5.60. The van der Waals surface area contributed by atoms with E-state index in [4.69, 9.17) is 4.74 Å². The van der Waals surface area contributed by atoms with Crippen molar-refractivity contribution in [1.29, 1.82) is 0 Å². The van der Waals surface area contributed by atoms with E-state index in [0.717, 1.165) is 38.0 Å². The number of benzene rings is 1. The highest BCUT2D eigenvalue weighted by molar-refractivity contribution is 5.77. The Balaban J connectivity index is 1.76. The number of halogens is 1. The molecule has 0 bridgehead atoms. The van der Waals surface area contributed by atoms with Crippen LogP contribution < -0.4 is 5.32 Å². The maximum Gasteiger partial charge on any atom is 0.248 e. The number of methoxy groups -OCH3 is 1. The maximum absolute atomic E-state index is 13.2. The Labute approximate surface area is 125 Å². The zero-order chi connectivity index (χ0) is 15.2. The van der Waals surface area contributed by atoms with Crippen LogP contribution >= 0.6 is 0 Å². The van der Waals surface area contributed by atoms with Gasteiger partial charge in [0.2, 0.25) is 5.91 Å². The summed E-state index contributed by atoms with van der Waals surface area (Å²) in [4.78, 5) is 13.5. The van der Waals surface area contributed by atoms with E-state index in [9.17, 15) is 9.18 Å².